The number of hydrogen-bond donors (Lipinski definition) is 3. The van der Waals surface area contributed by atoms with Crippen LogP contribution in [0.2, 0.25) is 0 Å². The minimum atomic E-state index is -0.638. The van der Waals surface area contributed by atoms with E-state index in [9.17, 15) is 9.59 Å². The molecule has 4 aromatic rings. The van der Waals surface area contributed by atoms with Gasteiger partial charge in [0.05, 0.1) is 5.56 Å². The molecule has 25 heavy (non-hydrogen) atoms. The van der Waals surface area contributed by atoms with Gasteiger partial charge >= 0.3 is 5.76 Å². The van der Waals surface area contributed by atoms with Gasteiger partial charge in [-0.3, -0.25) is 14.3 Å². The SMILES string of the molecule is O=C(Nc1cccc(-c2noc(=O)[nH]2)c1)c1c[nH]c2ncc(Br)cc12. The molecule has 9 heteroatoms. The molecule has 0 aliphatic carbocycles. The van der Waals surface area contributed by atoms with Crippen molar-refractivity contribution in [3.05, 3.63) is 63.3 Å². The lowest BCUT2D eigenvalue weighted by Crippen LogP contribution is -2.11. The van der Waals surface area contributed by atoms with Crippen LogP contribution in [0.5, 0.6) is 0 Å². The van der Waals surface area contributed by atoms with Crippen molar-refractivity contribution >= 4 is 38.6 Å². The lowest BCUT2D eigenvalue weighted by Gasteiger charge is -2.05. The number of aromatic amines is 2. The number of pyridine rings is 1. The topological polar surface area (TPSA) is 117 Å². The second kappa shape index (κ2) is 6.02. The van der Waals surface area contributed by atoms with Crippen molar-refractivity contribution in [2.45, 2.75) is 0 Å². The zero-order valence-electron chi connectivity index (χ0n) is 12.5. The maximum Gasteiger partial charge on any atom is 0.439 e. The van der Waals surface area contributed by atoms with Crippen LogP contribution in [-0.4, -0.2) is 26.0 Å². The van der Waals surface area contributed by atoms with Crippen LogP contribution < -0.4 is 11.1 Å². The highest BCUT2D eigenvalue weighted by molar-refractivity contribution is 9.10. The highest BCUT2D eigenvalue weighted by Crippen LogP contribution is 2.23. The van der Waals surface area contributed by atoms with E-state index in [2.05, 4.69) is 45.9 Å². The number of carbonyl (C=O) groups excluding carboxylic acids is 1. The highest BCUT2D eigenvalue weighted by Gasteiger charge is 2.14. The van der Waals surface area contributed by atoms with Crippen LogP contribution in [-0.2, 0) is 0 Å². The minimum Gasteiger partial charge on any atom is -0.345 e. The Morgan fingerprint density at radius 1 is 1.28 bits per heavy atom. The first-order chi connectivity index (χ1) is 12.1. The number of nitrogens with one attached hydrogen (secondary N) is 3. The molecule has 124 valence electrons. The van der Waals surface area contributed by atoms with Crippen LogP contribution in [0.3, 0.4) is 0 Å². The lowest BCUT2D eigenvalue weighted by molar-refractivity contribution is 0.102. The first-order valence-corrected chi connectivity index (χ1v) is 8.00. The molecule has 0 unspecified atom stereocenters. The number of nitrogens with zero attached hydrogens (tertiary/aromatic N) is 2. The van der Waals surface area contributed by atoms with E-state index in [1.807, 2.05) is 6.07 Å². The Kier molecular flexibility index (Phi) is 3.69. The smallest absolute Gasteiger partial charge is 0.345 e. The second-order valence-corrected chi connectivity index (χ2v) is 6.15. The van der Waals surface area contributed by atoms with Gasteiger partial charge in [0.25, 0.3) is 5.91 Å². The van der Waals surface area contributed by atoms with Crippen molar-refractivity contribution in [1.82, 2.24) is 20.1 Å². The number of hydrogen-bond acceptors (Lipinski definition) is 5. The van der Waals surface area contributed by atoms with Gasteiger partial charge in [-0.05, 0) is 34.1 Å². The molecule has 0 radical (unpaired) electrons. The molecule has 0 aliphatic rings. The van der Waals surface area contributed by atoms with E-state index in [1.165, 1.54) is 0 Å². The summed E-state index contributed by atoms with van der Waals surface area (Å²) in [5.41, 5.74) is 2.28. The number of H-pyrrole nitrogens is 2. The molecule has 0 spiro atoms. The molecule has 0 atom stereocenters. The maximum absolute atomic E-state index is 12.6. The van der Waals surface area contributed by atoms with Gasteiger partial charge in [0.2, 0.25) is 0 Å². The van der Waals surface area contributed by atoms with Gasteiger partial charge in [0.15, 0.2) is 5.82 Å². The summed E-state index contributed by atoms with van der Waals surface area (Å²) < 4.78 is 5.28. The molecule has 3 aromatic heterocycles. The molecule has 0 saturated carbocycles. The van der Waals surface area contributed by atoms with Gasteiger partial charge in [0.1, 0.15) is 5.65 Å². The zero-order valence-corrected chi connectivity index (χ0v) is 14.1. The number of fused-ring (bicyclic) bond motifs is 1. The van der Waals surface area contributed by atoms with Crippen molar-refractivity contribution in [2.75, 3.05) is 5.32 Å². The maximum atomic E-state index is 12.6. The van der Waals surface area contributed by atoms with Crippen molar-refractivity contribution in [3.8, 4) is 11.4 Å². The number of benzene rings is 1. The number of amides is 1. The van der Waals surface area contributed by atoms with Crippen LogP contribution in [0.15, 0.2) is 56.5 Å². The number of carbonyl (C=O) groups is 1. The molecule has 0 bridgehead atoms. The third-order valence-electron chi connectivity index (χ3n) is 3.58. The standard InChI is InChI=1S/C16H10BrN5O3/c17-9-5-11-12(7-19-14(11)18-6-9)15(23)20-10-3-1-2-8(4-10)13-21-16(24)25-22-13/h1-7H,(H,18,19)(H,20,23)(H,21,22,24). The summed E-state index contributed by atoms with van der Waals surface area (Å²) in [7, 11) is 0. The Hall–Kier alpha value is -3.20. The van der Waals surface area contributed by atoms with Crippen LogP contribution in [0, 0.1) is 0 Å². The third kappa shape index (κ3) is 2.96. The van der Waals surface area contributed by atoms with E-state index < -0.39 is 5.76 Å². The van der Waals surface area contributed by atoms with Crippen LogP contribution in [0.4, 0.5) is 5.69 Å². The molecule has 0 fully saturated rings. The average molecular weight is 400 g/mol. The normalized spacial score (nSPS) is 10.9. The summed E-state index contributed by atoms with van der Waals surface area (Å²) in [5, 5.41) is 7.16. The summed E-state index contributed by atoms with van der Waals surface area (Å²) >= 11 is 3.35. The monoisotopic (exact) mass is 399 g/mol. The van der Waals surface area contributed by atoms with Crippen LogP contribution >= 0.6 is 15.9 Å². The van der Waals surface area contributed by atoms with Gasteiger partial charge in [-0.15, -0.1) is 0 Å². The molecule has 8 nitrogen and oxygen atoms in total. The quantitative estimate of drug-likeness (QED) is 0.489. The summed E-state index contributed by atoms with van der Waals surface area (Å²) in [6.07, 6.45) is 3.26. The van der Waals surface area contributed by atoms with E-state index in [0.29, 0.717) is 33.7 Å². The summed E-state index contributed by atoms with van der Waals surface area (Å²) in [4.78, 5) is 33.3. The van der Waals surface area contributed by atoms with Gasteiger partial charge < -0.3 is 10.3 Å². The largest absolute Gasteiger partial charge is 0.439 e. The minimum absolute atomic E-state index is 0.281. The van der Waals surface area contributed by atoms with Crippen molar-refractivity contribution < 1.29 is 9.32 Å². The van der Waals surface area contributed by atoms with Gasteiger partial charge in [0, 0.05) is 33.5 Å². The molecule has 1 amide bonds. The van der Waals surface area contributed by atoms with E-state index in [-0.39, 0.29) is 5.91 Å². The Morgan fingerprint density at radius 2 is 2.16 bits per heavy atom. The Labute approximate surface area is 148 Å². The Morgan fingerprint density at radius 3 is 2.96 bits per heavy atom. The van der Waals surface area contributed by atoms with E-state index >= 15 is 0 Å². The molecule has 1 aromatic carbocycles. The van der Waals surface area contributed by atoms with E-state index in [1.54, 1.807) is 36.7 Å². The van der Waals surface area contributed by atoms with E-state index in [0.717, 1.165) is 4.47 Å². The molecule has 3 N–H and O–H groups in total. The first-order valence-electron chi connectivity index (χ1n) is 7.20. The van der Waals surface area contributed by atoms with Crippen molar-refractivity contribution in [2.24, 2.45) is 0 Å². The highest BCUT2D eigenvalue weighted by atomic mass is 79.9. The first kappa shape index (κ1) is 15.3. The number of halogens is 1. The predicted octanol–water partition coefficient (Wildman–Crippen LogP) is 2.92. The number of rotatable bonds is 3. The third-order valence-corrected chi connectivity index (χ3v) is 4.01. The average Bonchev–Trinajstić information content (AvgIpc) is 3.21. The van der Waals surface area contributed by atoms with Crippen molar-refractivity contribution in [3.63, 3.8) is 0 Å². The van der Waals surface area contributed by atoms with E-state index in [4.69, 9.17) is 0 Å². The molecule has 4 rings (SSSR count). The number of anilines is 1. The molecular formula is C16H10BrN5O3. The van der Waals surface area contributed by atoms with Crippen molar-refractivity contribution in [1.29, 1.82) is 0 Å². The Balaban J connectivity index is 1.64. The van der Waals surface area contributed by atoms with Gasteiger partial charge in [-0.1, -0.05) is 17.3 Å². The predicted molar refractivity (Wildman–Crippen MR) is 94.3 cm³/mol. The fourth-order valence-electron chi connectivity index (χ4n) is 2.46. The van der Waals surface area contributed by atoms with Crippen LogP contribution in [0.1, 0.15) is 10.4 Å². The molecule has 0 saturated heterocycles. The Bertz CT molecular complexity index is 1140. The summed E-state index contributed by atoms with van der Waals surface area (Å²) in [6.45, 7) is 0. The second-order valence-electron chi connectivity index (χ2n) is 5.23. The number of aromatic nitrogens is 4. The molecule has 3 heterocycles. The molecular weight excluding hydrogens is 390 g/mol. The molecule has 0 aliphatic heterocycles. The fraction of sp³-hybridized carbons (Fsp3) is 0. The van der Waals surface area contributed by atoms with Crippen LogP contribution in [0.25, 0.3) is 22.4 Å². The lowest BCUT2D eigenvalue weighted by atomic mass is 10.1. The summed E-state index contributed by atoms with van der Waals surface area (Å²) in [5.74, 6) is -0.625. The summed E-state index contributed by atoms with van der Waals surface area (Å²) in [6, 6.07) is 8.74. The van der Waals surface area contributed by atoms with Gasteiger partial charge in [-0.25, -0.2) is 9.78 Å². The fourth-order valence-corrected chi connectivity index (χ4v) is 2.79. The van der Waals surface area contributed by atoms with Gasteiger partial charge in [-0.2, -0.15) is 0 Å². The zero-order chi connectivity index (χ0) is 17.4.